The summed E-state index contributed by atoms with van der Waals surface area (Å²) in [7, 11) is -3.81. The molecule has 0 fully saturated rings. The van der Waals surface area contributed by atoms with Crippen LogP contribution in [0.5, 0.6) is 5.75 Å². The summed E-state index contributed by atoms with van der Waals surface area (Å²) in [6, 6.07) is 12.6. The molecule has 1 aromatic heterocycles. The molecule has 0 radical (unpaired) electrons. The van der Waals surface area contributed by atoms with Gasteiger partial charge in [0.1, 0.15) is 16.4 Å². The van der Waals surface area contributed by atoms with E-state index in [2.05, 4.69) is 27.5 Å². The fraction of sp³-hybridized carbons (Fsp3) is 0.429. The molecule has 0 aliphatic carbocycles. The Morgan fingerprint density at radius 1 is 0.974 bits per heavy atom. The predicted molar refractivity (Wildman–Crippen MR) is 154 cm³/mol. The van der Waals surface area contributed by atoms with E-state index in [1.807, 2.05) is 25.1 Å². The van der Waals surface area contributed by atoms with Crippen molar-refractivity contribution in [1.29, 1.82) is 0 Å². The minimum absolute atomic E-state index is 0.103. The highest BCUT2D eigenvalue weighted by atomic mass is 32.2. The van der Waals surface area contributed by atoms with Crippen molar-refractivity contribution in [2.45, 2.75) is 82.7 Å². The van der Waals surface area contributed by atoms with Crippen LogP contribution < -0.4 is 26.8 Å². The Bertz CT molecular complexity index is 1360. The number of para-hydroxylation sites is 1. The third-order valence-electron chi connectivity index (χ3n) is 5.85. The van der Waals surface area contributed by atoms with Crippen LogP contribution in [0, 0.1) is 0 Å². The molecule has 0 unspecified atom stereocenters. The Kier molecular flexibility index (Phi) is 9.01. The fourth-order valence-electron chi connectivity index (χ4n) is 3.74. The normalized spacial score (nSPS) is 12.3. The summed E-state index contributed by atoms with van der Waals surface area (Å²) in [6.45, 7) is 10.7. The average Bonchev–Trinajstić information content (AvgIpc) is 2.83. The van der Waals surface area contributed by atoms with E-state index in [0.717, 1.165) is 30.4 Å². The van der Waals surface area contributed by atoms with E-state index in [0.29, 0.717) is 35.3 Å². The van der Waals surface area contributed by atoms with Crippen molar-refractivity contribution in [1.82, 2.24) is 9.97 Å². The number of hydrogen-bond acceptors (Lipinski definition) is 9. The second kappa shape index (κ2) is 11.7. The number of aromatic nitrogens is 2. The highest BCUT2D eigenvalue weighted by Crippen LogP contribution is 2.33. The average molecular weight is 541 g/mol. The standard InChI is InChI=1S/C28H40N6O3S/c1-7-9-12-19-15-16-21(23(17-19)37-27(3,4)29)33-26-31-18-20(8-2)25(34-26)32-22-13-10-11-14-24(22)38(35,36)28(5,6)30/h10-11,13-18H,7-9,12,29-30H2,1-6H3,(H2,31,32,33,34). The summed E-state index contributed by atoms with van der Waals surface area (Å²) >= 11 is 0. The van der Waals surface area contributed by atoms with Crippen LogP contribution in [0.15, 0.2) is 53.6 Å². The van der Waals surface area contributed by atoms with E-state index in [4.69, 9.17) is 16.2 Å². The maximum Gasteiger partial charge on any atom is 0.229 e. The molecule has 0 aliphatic rings. The van der Waals surface area contributed by atoms with Crippen molar-refractivity contribution in [3.05, 3.63) is 59.8 Å². The van der Waals surface area contributed by atoms with Gasteiger partial charge in [-0.15, -0.1) is 0 Å². The molecule has 0 atom stereocenters. The second-order valence-corrected chi connectivity index (χ2v) is 12.9. The van der Waals surface area contributed by atoms with Crippen LogP contribution in [0.3, 0.4) is 0 Å². The largest absolute Gasteiger partial charge is 0.471 e. The summed E-state index contributed by atoms with van der Waals surface area (Å²) in [5, 5.41) is 6.45. The minimum atomic E-state index is -3.81. The first kappa shape index (κ1) is 29.3. The van der Waals surface area contributed by atoms with E-state index < -0.39 is 20.4 Å². The molecule has 3 rings (SSSR count). The molecule has 38 heavy (non-hydrogen) atoms. The van der Waals surface area contributed by atoms with E-state index in [1.165, 1.54) is 19.9 Å². The van der Waals surface area contributed by atoms with Crippen molar-refractivity contribution in [2.75, 3.05) is 10.6 Å². The summed E-state index contributed by atoms with van der Waals surface area (Å²) < 4.78 is 32.3. The van der Waals surface area contributed by atoms with Crippen LogP contribution in [0.25, 0.3) is 0 Å². The lowest BCUT2D eigenvalue weighted by Crippen LogP contribution is -2.41. The van der Waals surface area contributed by atoms with Crippen molar-refractivity contribution in [2.24, 2.45) is 11.5 Å². The molecule has 0 aliphatic heterocycles. The van der Waals surface area contributed by atoms with E-state index in [-0.39, 0.29) is 4.90 Å². The van der Waals surface area contributed by atoms with Gasteiger partial charge in [0.2, 0.25) is 5.95 Å². The minimum Gasteiger partial charge on any atom is -0.471 e. The van der Waals surface area contributed by atoms with Crippen molar-refractivity contribution in [3.8, 4) is 5.75 Å². The van der Waals surface area contributed by atoms with E-state index in [1.54, 1.807) is 38.2 Å². The molecule has 3 aromatic rings. The smallest absolute Gasteiger partial charge is 0.229 e. The van der Waals surface area contributed by atoms with Crippen LogP contribution in [-0.4, -0.2) is 29.0 Å². The van der Waals surface area contributed by atoms with Gasteiger partial charge >= 0.3 is 0 Å². The summed E-state index contributed by atoms with van der Waals surface area (Å²) in [5.74, 6) is 1.42. The lowest BCUT2D eigenvalue weighted by molar-refractivity contribution is 0.118. The van der Waals surface area contributed by atoms with Crippen LogP contribution >= 0.6 is 0 Å². The van der Waals surface area contributed by atoms with E-state index in [9.17, 15) is 8.42 Å². The zero-order chi connectivity index (χ0) is 28.1. The van der Waals surface area contributed by atoms with Gasteiger partial charge in [-0.25, -0.2) is 13.4 Å². The van der Waals surface area contributed by atoms with Gasteiger partial charge in [-0.2, -0.15) is 4.98 Å². The fourth-order valence-corrected chi connectivity index (χ4v) is 4.98. The van der Waals surface area contributed by atoms with Gasteiger partial charge in [0.15, 0.2) is 15.6 Å². The second-order valence-electron chi connectivity index (χ2n) is 10.4. The molecule has 0 spiro atoms. The first-order valence-electron chi connectivity index (χ1n) is 12.9. The summed E-state index contributed by atoms with van der Waals surface area (Å²) in [5.41, 5.74) is 14.3. The number of ether oxygens (including phenoxy) is 1. The maximum atomic E-state index is 13.1. The number of hydrogen-bond donors (Lipinski definition) is 4. The predicted octanol–water partition coefficient (Wildman–Crippen LogP) is 5.41. The molecule has 1 heterocycles. The number of nitrogens with two attached hydrogens (primary N) is 2. The van der Waals surface area contributed by atoms with Gasteiger partial charge in [-0.3, -0.25) is 5.73 Å². The Labute approximate surface area is 226 Å². The number of nitrogens with zero attached hydrogens (tertiary/aromatic N) is 2. The van der Waals surface area contributed by atoms with Gasteiger partial charge in [0.25, 0.3) is 0 Å². The zero-order valence-electron chi connectivity index (χ0n) is 23.1. The first-order valence-corrected chi connectivity index (χ1v) is 14.4. The van der Waals surface area contributed by atoms with Crippen molar-refractivity contribution < 1.29 is 13.2 Å². The van der Waals surface area contributed by atoms with E-state index >= 15 is 0 Å². The molecule has 0 saturated heterocycles. The number of benzene rings is 2. The van der Waals surface area contributed by atoms with Gasteiger partial charge in [0.05, 0.1) is 16.3 Å². The van der Waals surface area contributed by atoms with Gasteiger partial charge in [-0.1, -0.05) is 38.5 Å². The molecule has 206 valence electrons. The van der Waals surface area contributed by atoms with Crippen LogP contribution in [0.1, 0.15) is 65.5 Å². The highest BCUT2D eigenvalue weighted by Gasteiger charge is 2.33. The topological polar surface area (TPSA) is 145 Å². The number of aryl methyl sites for hydroxylation is 2. The van der Waals surface area contributed by atoms with Crippen LogP contribution in [0.2, 0.25) is 0 Å². The molecule has 10 heteroatoms. The molecule has 0 amide bonds. The van der Waals surface area contributed by atoms with Gasteiger partial charge in [0, 0.05) is 11.8 Å². The monoisotopic (exact) mass is 540 g/mol. The van der Waals surface area contributed by atoms with Gasteiger partial charge < -0.3 is 21.1 Å². The first-order chi connectivity index (χ1) is 17.7. The SMILES string of the molecule is CCCCc1ccc(Nc2ncc(CC)c(Nc3ccccc3S(=O)(=O)C(C)(C)N)n2)c(OC(C)(C)N)c1. The van der Waals surface area contributed by atoms with Crippen molar-refractivity contribution in [3.63, 3.8) is 0 Å². The number of anilines is 4. The number of nitrogens with one attached hydrogen (secondary N) is 2. The lowest BCUT2D eigenvalue weighted by Gasteiger charge is -2.24. The zero-order valence-corrected chi connectivity index (χ0v) is 23.9. The molecule has 0 bridgehead atoms. The van der Waals surface area contributed by atoms with Crippen molar-refractivity contribution >= 4 is 33.0 Å². The van der Waals surface area contributed by atoms with Gasteiger partial charge in [-0.05, 0) is 76.8 Å². The Morgan fingerprint density at radius 2 is 1.68 bits per heavy atom. The molecular weight excluding hydrogens is 500 g/mol. The van der Waals surface area contributed by atoms with Crippen LogP contribution in [0.4, 0.5) is 23.1 Å². The number of unbranched alkanes of at least 4 members (excludes halogenated alkanes) is 1. The molecule has 9 nitrogen and oxygen atoms in total. The lowest BCUT2D eigenvalue weighted by atomic mass is 10.1. The third-order valence-corrected chi connectivity index (χ3v) is 8.17. The quantitative estimate of drug-likeness (QED) is 0.221. The third kappa shape index (κ3) is 7.21. The molecule has 6 N–H and O–H groups in total. The number of rotatable bonds is 12. The Morgan fingerprint density at radius 3 is 2.32 bits per heavy atom. The highest BCUT2D eigenvalue weighted by molar-refractivity contribution is 7.92. The Balaban J connectivity index is 1.99. The maximum absolute atomic E-state index is 13.1. The van der Waals surface area contributed by atoms with Crippen LogP contribution in [-0.2, 0) is 22.7 Å². The Hall–Kier alpha value is -3.21. The molecule has 0 saturated carbocycles. The molecular formula is C28H40N6O3S. The number of sulfone groups is 1. The molecule has 2 aromatic carbocycles. The summed E-state index contributed by atoms with van der Waals surface area (Å²) in [4.78, 5) is 7.81. The summed E-state index contributed by atoms with van der Waals surface area (Å²) in [6.07, 6.45) is 5.47.